The van der Waals surface area contributed by atoms with E-state index >= 15 is 0 Å². The Balaban J connectivity index is 1.59. The van der Waals surface area contributed by atoms with Crippen molar-refractivity contribution in [1.29, 1.82) is 0 Å². The summed E-state index contributed by atoms with van der Waals surface area (Å²) in [4.78, 5) is 34.6. The maximum Gasteiger partial charge on any atom is 0.272 e. The van der Waals surface area contributed by atoms with E-state index in [2.05, 4.69) is 15.3 Å². The highest BCUT2D eigenvalue weighted by Crippen LogP contribution is 2.06. The monoisotopic (exact) mass is 364 g/mol. The fraction of sp³-hybridized carbons (Fsp3) is 0.200. The molecule has 0 radical (unpaired) electrons. The lowest BCUT2D eigenvalue weighted by molar-refractivity contribution is 0.0790. The zero-order valence-corrected chi connectivity index (χ0v) is 15.0. The number of furan rings is 1. The molecule has 3 heterocycles. The Kier molecular flexibility index (Phi) is 5.94. The minimum Gasteiger partial charge on any atom is -0.467 e. The van der Waals surface area contributed by atoms with Gasteiger partial charge in [0.1, 0.15) is 17.1 Å². The summed E-state index contributed by atoms with van der Waals surface area (Å²) in [5.41, 5.74) is 1.52. The van der Waals surface area contributed by atoms with Crippen LogP contribution in [0.4, 0.5) is 0 Å². The summed E-state index contributed by atoms with van der Waals surface area (Å²) >= 11 is 0. The fourth-order valence-electron chi connectivity index (χ4n) is 2.49. The second kappa shape index (κ2) is 8.75. The molecular formula is C20H20N4O3. The average Bonchev–Trinajstić information content (AvgIpc) is 3.24. The number of hydrogen-bond donors (Lipinski definition) is 1. The Hall–Kier alpha value is -3.48. The van der Waals surface area contributed by atoms with Gasteiger partial charge in [-0.1, -0.05) is 6.07 Å². The fourth-order valence-corrected chi connectivity index (χ4v) is 2.49. The first-order chi connectivity index (χ1) is 13.1. The minimum absolute atomic E-state index is 0.190. The van der Waals surface area contributed by atoms with Gasteiger partial charge < -0.3 is 14.6 Å². The third-order valence-electron chi connectivity index (χ3n) is 4.04. The molecule has 0 fully saturated rings. The number of nitrogens with one attached hydrogen (secondary N) is 1. The number of carbonyl (C=O) groups is 2. The molecule has 0 saturated heterocycles. The number of hydrogen-bond acceptors (Lipinski definition) is 5. The van der Waals surface area contributed by atoms with Crippen LogP contribution in [0.1, 0.15) is 32.3 Å². The Morgan fingerprint density at radius 2 is 1.85 bits per heavy atom. The summed E-state index contributed by atoms with van der Waals surface area (Å²) in [5, 5.41) is 2.72. The first-order valence-electron chi connectivity index (χ1n) is 8.55. The van der Waals surface area contributed by atoms with Crippen LogP contribution in [-0.4, -0.2) is 40.3 Å². The van der Waals surface area contributed by atoms with E-state index in [0.717, 1.165) is 5.56 Å². The number of pyridine rings is 2. The van der Waals surface area contributed by atoms with Gasteiger partial charge in [0.2, 0.25) is 0 Å². The second-order valence-corrected chi connectivity index (χ2v) is 6.00. The van der Waals surface area contributed by atoms with Crippen molar-refractivity contribution in [3.05, 3.63) is 83.8 Å². The summed E-state index contributed by atoms with van der Waals surface area (Å²) in [6.07, 6.45) is 5.71. The lowest BCUT2D eigenvalue weighted by atomic mass is 10.2. The summed E-state index contributed by atoms with van der Waals surface area (Å²) < 4.78 is 5.18. The van der Waals surface area contributed by atoms with Crippen molar-refractivity contribution in [2.75, 3.05) is 13.6 Å². The molecule has 0 aromatic carbocycles. The lowest BCUT2D eigenvalue weighted by Crippen LogP contribution is -2.30. The molecule has 0 aliphatic rings. The molecular weight excluding hydrogens is 344 g/mol. The topological polar surface area (TPSA) is 88.3 Å². The molecule has 0 saturated carbocycles. The van der Waals surface area contributed by atoms with Gasteiger partial charge in [0, 0.05) is 26.0 Å². The van der Waals surface area contributed by atoms with Crippen LogP contribution in [0.15, 0.2) is 65.5 Å². The van der Waals surface area contributed by atoms with E-state index in [0.29, 0.717) is 18.7 Å². The molecule has 3 rings (SSSR count). The van der Waals surface area contributed by atoms with Crippen molar-refractivity contribution in [3.63, 3.8) is 0 Å². The van der Waals surface area contributed by atoms with Crippen LogP contribution >= 0.6 is 0 Å². The van der Waals surface area contributed by atoms with Gasteiger partial charge in [0.25, 0.3) is 11.8 Å². The van der Waals surface area contributed by atoms with Gasteiger partial charge in [0.15, 0.2) is 0 Å². The van der Waals surface area contributed by atoms with Crippen LogP contribution in [0, 0.1) is 0 Å². The smallest absolute Gasteiger partial charge is 0.272 e. The predicted molar refractivity (Wildman–Crippen MR) is 99.0 cm³/mol. The maximum absolute atomic E-state index is 12.6. The molecule has 138 valence electrons. The van der Waals surface area contributed by atoms with Gasteiger partial charge in [0.05, 0.1) is 12.8 Å². The Labute approximate surface area is 157 Å². The Morgan fingerprint density at radius 3 is 2.59 bits per heavy atom. The van der Waals surface area contributed by atoms with E-state index in [1.165, 1.54) is 0 Å². The normalized spacial score (nSPS) is 10.4. The summed E-state index contributed by atoms with van der Waals surface area (Å²) in [6, 6.07) is 12.2. The molecule has 3 aromatic heterocycles. The second-order valence-electron chi connectivity index (χ2n) is 6.00. The van der Waals surface area contributed by atoms with Crippen molar-refractivity contribution in [3.8, 4) is 0 Å². The zero-order valence-electron chi connectivity index (χ0n) is 15.0. The van der Waals surface area contributed by atoms with Gasteiger partial charge in [-0.15, -0.1) is 0 Å². The lowest BCUT2D eigenvalue weighted by Gasteiger charge is -2.17. The molecule has 0 atom stereocenters. The molecule has 0 aliphatic heterocycles. The van der Waals surface area contributed by atoms with Crippen molar-refractivity contribution in [2.45, 2.75) is 13.0 Å². The molecule has 0 spiro atoms. The largest absolute Gasteiger partial charge is 0.467 e. The van der Waals surface area contributed by atoms with Crippen molar-refractivity contribution in [1.82, 2.24) is 20.2 Å². The predicted octanol–water partition coefficient (Wildman–Crippen LogP) is 2.31. The van der Waals surface area contributed by atoms with Crippen LogP contribution in [-0.2, 0) is 13.0 Å². The summed E-state index contributed by atoms with van der Waals surface area (Å²) in [6.45, 7) is 0.803. The summed E-state index contributed by atoms with van der Waals surface area (Å²) in [5.74, 6) is 0.0525. The van der Waals surface area contributed by atoms with Crippen LogP contribution in [0.2, 0.25) is 0 Å². The van der Waals surface area contributed by atoms with Gasteiger partial charge in [-0.25, -0.2) is 4.98 Å². The maximum atomic E-state index is 12.6. The highest BCUT2D eigenvalue weighted by molar-refractivity contribution is 5.96. The molecule has 0 aliphatic carbocycles. The standard InChI is InChI=1S/C20H20N4O3/c1-24(12-9-15-7-10-21-11-8-15)20(26)18-6-2-5-17(23-18)19(25)22-14-16-4-3-13-27-16/h2-8,10-11,13H,9,12,14H2,1H3,(H,22,25). The molecule has 2 amide bonds. The van der Waals surface area contributed by atoms with Crippen LogP contribution in [0.5, 0.6) is 0 Å². The van der Waals surface area contributed by atoms with Gasteiger partial charge in [-0.3, -0.25) is 14.6 Å². The van der Waals surface area contributed by atoms with Crippen LogP contribution < -0.4 is 5.32 Å². The van der Waals surface area contributed by atoms with Crippen LogP contribution in [0.25, 0.3) is 0 Å². The van der Waals surface area contributed by atoms with Gasteiger partial charge >= 0.3 is 0 Å². The van der Waals surface area contributed by atoms with Crippen molar-refractivity contribution >= 4 is 11.8 Å². The number of aromatic nitrogens is 2. The number of nitrogens with zero attached hydrogens (tertiary/aromatic N) is 3. The molecule has 7 nitrogen and oxygen atoms in total. The SMILES string of the molecule is CN(CCc1ccncc1)C(=O)c1cccc(C(=O)NCc2ccco2)n1. The first-order valence-corrected chi connectivity index (χ1v) is 8.55. The van der Waals surface area contributed by atoms with Crippen molar-refractivity contribution in [2.24, 2.45) is 0 Å². The molecule has 27 heavy (non-hydrogen) atoms. The molecule has 0 bridgehead atoms. The summed E-state index contributed by atoms with van der Waals surface area (Å²) in [7, 11) is 1.72. The van der Waals surface area contributed by atoms with Gasteiger partial charge in [-0.2, -0.15) is 0 Å². The first kappa shape index (κ1) is 18.3. The van der Waals surface area contributed by atoms with E-state index in [1.807, 2.05) is 12.1 Å². The van der Waals surface area contributed by atoms with E-state index < -0.39 is 0 Å². The van der Waals surface area contributed by atoms with Crippen LogP contribution in [0.3, 0.4) is 0 Å². The van der Waals surface area contributed by atoms with E-state index in [4.69, 9.17) is 4.42 Å². The highest BCUT2D eigenvalue weighted by Gasteiger charge is 2.16. The molecule has 0 unspecified atom stereocenters. The third-order valence-corrected chi connectivity index (χ3v) is 4.04. The Morgan fingerprint density at radius 1 is 1.07 bits per heavy atom. The number of carbonyl (C=O) groups excluding carboxylic acids is 2. The van der Waals surface area contributed by atoms with E-state index in [-0.39, 0.29) is 29.7 Å². The average molecular weight is 364 g/mol. The quantitative estimate of drug-likeness (QED) is 0.695. The molecule has 1 N–H and O–H groups in total. The molecule has 3 aromatic rings. The number of amides is 2. The zero-order chi connectivity index (χ0) is 19.1. The minimum atomic E-state index is -0.361. The molecule has 7 heteroatoms. The van der Waals surface area contributed by atoms with E-state index in [9.17, 15) is 9.59 Å². The third kappa shape index (κ3) is 5.01. The highest BCUT2D eigenvalue weighted by atomic mass is 16.3. The van der Waals surface area contributed by atoms with Crippen molar-refractivity contribution < 1.29 is 14.0 Å². The number of likely N-dealkylation sites (N-methyl/N-ethyl adjacent to an activating group) is 1. The van der Waals surface area contributed by atoms with E-state index in [1.54, 1.807) is 60.9 Å². The van der Waals surface area contributed by atoms with Gasteiger partial charge in [-0.05, 0) is 48.4 Å². The Bertz CT molecular complexity index is 895. The number of rotatable bonds is 7.